The molecule has 2 nitrogen and oxygen atoms in total. The molecule has 0 saturated heterocycles. The summed E-state index contributed by atoms with van der Waals surface area (Å²) in [6.07, 6.45) is 17.2. The molecule has 0 heterocycles. The lowest BCUT2D eigenvalue weighted by Gasteiger charge is -2.01. The van der Waals surface area contributed by atoms with Crippen molar-refractivity contribution in [2.75, 3.05) is 6.54 Å². The Morgan fingerprint density at radius 3 is 1.33 bits per heavy atom. The lowest BCUT2D eigenvalue weighted by Crippen LogP contribution is -2.50. The SMILES string of the molecule is CCCCCCCCCCCCCC[NH3+].[N-]=C=S. The zero-order valence-electron chi connectivity index (χ0n) is 12.3. The number of rotatable bonds is 12. The average molecular weight is 273 g/mol. The zero-order chi connectivity index (χ0) is 13.9. The lowest BCUT2D eigenvalue weighted by molar-refractivity contribution is -0.368. The average Bonchev–Trinajstić information content (AvgIpc) is 2.37. The van der Waals surface area contributed by atoms with E-state index in [4.69, 9.17) is 5.41 Å². The van der Waals surface area contributed by atoms with Gasteiger partial charge in [0, 0.05) is 0 Å². The number of thiocarbonyl (C=S) groups is 1. The van der Waals surface area contributed by atoms with E-state index in [1.165, 1.54) is 82.2 Å². The maximum absolute atomic E-state index is 7.13. The number of isothiocyanates is 1. The monoisotopic (exact) mass is 272 g/mol. The number of quaternary nitrogens is 1. The van der Waals surface area contributed by atoms with E-state index in [0.29, 0.717) is 0 Å². The standard InChI is InChI=1S/C14H31N.CNS/c1-2-3-4-5-6-7-8-9-10-11-12-13-14-15;2-1-3/h2-15H2,1H3;/q;-1/p+1. The van der Waals surface area contributed by atoms with Crippen LogP contribution >= 0.6 is 12.2 Å². The van der Waals surface area contributed by atoms with Crippen LogP contribution in [0.3, 0.4) is 0 Å². The topological polar surface area (TPSA) is 49.9 Å². The summed E-state index contributed by atoms with van der Waals surface area (Å²) in [6.45, 7) is 3.41. The molecule has 108 valence electrons. The second kappa shape index (κ2) is 22.0. The van der Waals surface area contributed by atoms with Crippen LogP contribution in [0.25, 0.3) is 5.41 Å². The van der Waals surface area contributed by atoms with Gasteiger partial charge in [0.05, 0.1) is 6.54 Å². The molecule has 0 atom stereocenters. The summed E-state index contributed by atoms with van der Waals surface area (Å²) in [5.74, 6) is 0. The van der Waals surface area contributed by atoms with Crippen molar-refractivity contribution in [3.05, 3.63) is 5.41 Å². The summed E-state index contributed by atoms with van der Waals surface area (Å²) in [5.41, 5.74) is 3.87. The first-order valence-corrected chi connectivity index (χ1v) is 8.04. The van der Waals surface area contributed by atoms with Crippen molar-refractivity contribution in [2.45, 2.75) is 84.0 Å². The molecule has 0 saturated carbocycles. The molecule has 0 aliphatic heterocycles. The fourth-order valence-corrected chi connectivity index (χ4v) is 2.02. The van der Waals surface area contributed by atoms with Gasteiger partial charge in [-0.05, 0) is 12.8 Å². The van der Waals surface area contributed by atoms with Gasteiger partial charge in [-0.15, -0.1) is 0 Å². The summed E-state index contributed by atoms with van der Waals surface area (Å²) in [5, 5.41) is 8.47. The highest BCUT2D eigenvalue weighted by atomic mass is 32.1. The van der Waals surface area contributed by atoms with E-state index in [1.807, 2.05) is 0 Å². The highest BCUT2D eigenvalue weighted by Crippen LogP contribution is 2.11. The van der Waals surface area contributed by atoms with Gasteiger partial charge in [0.2, 0.25) is 0 Å². The summed E-state index contributed by atoms with van der Waals surface area (Å²) >= 11 is 3.70. The number of hydrogen-bond donors (Lipinski definition) is 1. The van der Waals surface area contributed by atoms with Gasteiger partial charge < -0.3 is 11.1 Å². The normalized spacial score (nSPS) is 9.44. The fraction of sp³-hybridized carbons (Fsp3) is 0.933. The van der Waals surface area contributed by atoms with Crippen LogP contribution < -0.4 is 5.73 Å². The molecule has 0 bridgehead atoms. The van der Waals surface area contributed by atoms with Crippen LogP contribution in [0.4, 0.5) is 0 Å². The van der Waals surface area contributed by atoms with E-state index in [-0.39, 0.29) is 0 Å². The molecule has 3 heteroatoms. The van der Waals surface area contributed by atoms with Gasteiger partial charge in [-0.1, -0.05) is 83.3 Å². The first-order chi connectivity index (χ1) is 8.83. The predicted octanol–water partition coefficient (Wildman–Crippen LogP) is 4.59. The third-order valence-corrected chi connectivity index (χ3v) is 3.10. The summed E-state index contributed by atoms with van der Waals surface area (Å²) in [6, 6.07) is 0. The molecule has 3 N–H and O–H groups in total. The van der Waals surface area contributed by atoms with E-state index in [0.717, 1.165) is 6.54 Å². The van der Waals surface area contributed by atoms with Crippen molar-refractivity contribution in [3.8, 4) is 0 Å². The maximum Gasteiger partial charge on any atom is 0.0739 e. The predicted molar refractivity (Wildman–Crippen MR) is 84.8 cm³/mol. The molecular weight excluding hydrogens is 240 g/mol. The third kappa shape index (κ3) is 24.8. The highest BCUT2D eigenvalue weighted by Gasteiger charge is 1.92. The number of nitrogens with zero attached hydrogens (tertiary/aromatic N) is 1. The Morgan fingerprint density at radius 2 is 1.06 bits per heavy atom. The first kappa shape index (κ1) is 20.1. The second-order valence-corrected chi connectivity index (χ2v) is 5.02. The van der Waals surface area contributed by atoms with Gasteiger partial charge in [0.15, 0.2) is 0 Å². The van der Waals surface area contributed by atoms with Crippen molar-refractivity contribution >= 4 is 17.4 Å². The van der Waals surface area contributed by atoms with Crippen LogP contribution in [-0.2, 0) is 0 Å². The molecule has 0 aliphatic rings. The van der Waals surface area contributed by atoms with E-state index in [1.54, 1.807) is 0 Å². The summed E-state index contributed by atoms with van der Waals surface area (Å²) < 4.78 is 0. The van der Waals surface area contributed by atoms with Crippen LogP contribution in [0.15, 0.2) is 0 Å². The van der Waals surface area contributed by atoms with Gasteiger partial charge in [0.1, 0.15) is 0 Å². The molecule has 0 unspecified atom stereocenters. The molecule has 0 amide bonds. The Morgan fingerprint density at radius 1 is 0.778 bits per heavy atom. The van der Waals surface area contributed by atoms with E-state index in [2.05, 4.69) is 24.9 Å². The van der Waals surface area contributed by atoms with Crippen molar-refractivity contribution in [1.29, 1.82) is 0 Å². The Bertz CT molecular complexity index is 154. The minimum atomic E-state index is 1.12. The van der Waals surface area contributed by atoms with E-state index < -0.39 is 0 Å². The van der Waals surface area contributed by atoms with Crippen LogP contribution in [0.1, 0.15) is 84.0 Å². The lowest BCUT2D eigenvalue weighted by atomic mass is 10.1. The Kier molecular flexibility index (Phi) is 24.5. The third-order valence-electron chi connectivity index (χ3n) is 3.10. The molecule has 0 rings (SSSR count). The van der Waals surface area contributed by atoms with Crippen molar-refractivity contribution in [1.82, 2.24) is 0 Å². The van der Waals surface area contributed by atoms with E-state index >= 15 is 0 Å². The molecule has 0 fully saturated rings. The molecule has 0 aromatic heterocycles. The zero-order valence-corrected chi connectivity index (χ0v) is 13.1. The summed E-state index contributed by atoms with van der Waals surface area (Å²) in [7, 11) is 0. The molecule has 0 aliphatic carbocycles. The van der Waals surface area contributed by atoms with Gasteiger partial charge in [0.25, 0.3) is 0 Å². The largest absolute Gasteiger partial charge is 0.753 e. The second-order valence-electron chi connectivity index (χ2n) is 4.83. The first-order valence-electron chi connectivity index (χ1n) is 7.63. The van der Waals surface area contributed by atoms with Crippen LogP contribution in [0, 0.1) is 0 Å². The molecule has 0 aromatic rings. The van der Waals surface area contributed by atoms with E-state index in [9.17, 15) is 0 Å². The molecule has 18 heavy (non-hydrogen) atoms. The fourth-order valence-electron chi connectivity index (χ4n) is 2.02. The summed E-state index contributed by atoms with van der Waals surface area (Å²) in [4.78, 5) is 0. The van der Waals surface area contributed by atoms with Crippen molar-refractivity contribution < 1.29 is 5.73 Å². The quantitative estimate of drug-likeness (QED) is 0.315. The maximum atomic E-state index is 7.13. The van der Waals surface area contributed by atoms with Crippen LogP contribution in [0.5, 0.6) is 0 Å². The van der Waals surface area contributed by atoms with Crippen molar-refractivity contribution in [3.63, 3.8) is 0 Å². The Labute approximate surface area is 119 Å². The highest BCUT2D eigenvalue weighted by molar-refractivity contribution is 7.78. The minimum absolute atomic E-state index is 1.12. The minimum Gasteiger partial charge on any atom is -0.753 e. The van der Waals surface area contributed by atoms with Crippen LogP contribution in [0.2, 0.25) is 0 Å². The molecule has 0 spiro atoms. The van der Waals surface area contributed by atoms with Gasteiger partial charge in [-0.25, -0.2) is 0 Å². The van der Waals surface area contributed by atoms with Gasteiger partial charge in [-0.2, -0.15) is 5.16 Å². The van der Waals surface area contributed by atoms with Gasteiger partial charge in [-0.3, -0.25) is 0 Å². The molecular formula is C15H32N2S. The molecule has 0 aromatic carbocycles. The number of hydrogen-bond acceptors (Lipinski definition) is 1. The Balaban J connectivity index is 0. The number of unbranched alkanes of at least 4 members (excludes halogenated alkanes) is 11. The Hall–Kier alpha value is -0.240. The van der Waals surface area contributed by atoms with Crippen molar-refractivity contribution in [2.24, 2.45) is 0 Å². The smallest absolute Gasteiger partial charge is 0.0739 e. The molecule has 0 radical (unpaired) electrons. The van der Waals surface area contributed by atoms with Crippen LogP contribution in [-0.4, -0.2) is 11.7 Å². The van der Waals surface area contributed by atoms with Gasteiger partial charge >= 0.3 is 0 Å².